The first-order valence-electron chi connectivity index (χ1n) is 16.5. The first kappa shape index (κ1) is 33.9. The lowest BCUT2D eigenvalue weighted by atomic mass is 9.84. The Balaban J connectivity index is 1.27. The van der Waals surface area contributed by atoms with Crippen LogP contribution in [-0.2, 0) is 32.5 Å². The summed E-state index contributed by atoms with van der Waals surface area (Å²) in [5.74, 6) is 1.29. The number of carbonyl (C=O) groups is 1. The smallest absolute Gasteiger partial charge is 0.257 e. The molecule has 0 saturated carbocycles. The van der Waals surface area contributed by atoms with Crippen molar-refractivity contribution in [2.24, 2.45) is 4.99 Å². The van der Waals surface area contributed by atoms with Gasteiger partial charge in [0.1, 0.15) is 11.5 Å². The molecular formula is C38H36N4O8S. The van der Waals surface area contributed by atoms with Gasteiger partial charge in [0.15, 0.2) is 27.3 Å². The summed E-state index contributed by atoms with van der Waals surface area (Å²) in [5, 5.41) is 13.3. The maximum atomic E-state index is 15.0. The SMILES string of the molecule is COc1ccc(-c2nc(CN3Cc4ccccc4[C@H]4OC(c5ccc(OCCCO)cc5)=N[C@@]4(CCS(=O)(=O)c4ccccc4)C3=O)no2)cc1. The molecular weight excluding hydrogens is 673 g/mol. The zero-order valence-electron chi connectivity index (χ0n) is 27.8. The lowest BCUT2D eigenvalue weighted by Gasteiger charge is -2.32. The monoisotopic (exact) mass is 708 g/mol. The molecule has 13 heteroatoms. The lowest BCUT2D eigenvalue weighted by molar-refractivity contribution is -0.140. The molecule has 3 heterocycles. The van der Waals surface area contributed by atoms with Crippen molar-refractivity contribution in [1.82, 2.24) is 15.0 Å². The molecule has 1 amide bonds. The molecule has 262 valence electrons. The quantitative estimate of drug-likeness (QED) is 0.162. The molecule has 7 rings (SSSR count). The van der Waals surface area contributed by atoms with Gasteiger partial charge in [-0.1, -0.05) is 47.6 Å². The van der Waals surface area contributed by atoms with E-state index in [-0.39, 0.29) is 54.4 Å². The van der Waals surface area contributed by atoms with Crippen molar-refractivity contribution in [2.45, 2.75) is 42.5 Å². The minimum absolute atomic E-state index is 0.0164. The van der Waals surface area contributed by atoms with Gasteiger partial charge >= 0.3 is 0 Å². The third kappa shape index (κ3) is 6.94. The van der Waals surface area contributed by atoms with Crippen LogP contribution in [0.25, 0.3) is 11.5 Å². The Kier molecular flexibility index (Phi) is 9.56. The highest BCUT2D eigenvalue weighted by Gasteiger charge is 2.57. The van der Waals surface area contributed by atoms with Crippen LogP contribution in [0.3, 0.4) is 0 Å². The minimum Gasteiger partial charge on any atom is -0.497 e. The number of carbonyl (C=O) groups excluding carboxylic acids is 1. The summed E-state index contributed by atoms with van der Waals surface area (Å²) in [5.41, 5.74) is 1.21. The van der Waals surface area contributed by atoms with Gasteiger partial charge in [0.25, 0.3) is 11.8 Å². The number of sulfone groups is 1. The number of aliphatic hydroxyl groups excluding tert-OH is 1. The third-order valence-corrected chi connectivity index (χ3v) is 10.7. The first-order chi connectivity index (χ1) is 24.8. The fourth-order valence-corrected chi connectivity index (χ4v) is 7.71. The average molecular weight is 709 g/mol. The molecule has 2 aliphatic rings. The second-order valence-electron chi connectivity index (χ2n) is 12.3. The van der Waals surface area contributed by atoms with E-state index >= 15 is 4.79 Å². The molecule has 0 spiro atoms. The Labute approximate surface area is 295 Å². The van der Waals surface area contributed by atoms with Gasteiger partial charge in [-0.3, -0.25) is 4.79 Å². The molecule has 1 N–H and O–H groups in total. The summed E-state index contributed by atoms with van der Waals surface area (Å²) in [6, 6.07) is 30.0. The van der Waals surface area contributed by atoms with E-state index in [1.807, 2.05) is 24.3 Å². The van der Waals surface area contributed by atoms with E-state index in [0.717, 1.165) is 11.1 Å². The van der Waals surface area contributed by atoms with Gasteiger partial charge in [-0.15, -0.1) is 0 Å². The summed E-state index contributed by atoms with van der Waals surface area (Å²) in [7, 11) is -2.22. The largest absolute Gasteiger partial charge is 0.497 e. The maximum Gasteiger partial charge on any atom is 0.257 e. The van der Waals surface area contributed by atoms with Crippen LogP contribution < -0.4 is 9.47 Å². The van der Waals surface area contributed by atoms with Gasteiger partial charge in [-0.05, 0) is 66.2 Å². The Hall–Kier alpha value is -5.53. The summed E-state index contributed by atoms with van der Waals surface area (Å²) in [6.07, 6.45) is -0.556. The summed E-state index contributed by atoms with van der Waals surface area (Å²) >= 11 is 0. The summed E-state index contributed by atoms with van der Waals surface area (Å²) < 4.78 is 50.4. The van der Waals surface area contributed by atoms with Crippen molar-refractivity contribution in [2.75, 3.05) is 26.1 Å². The van der Waals surface area contributed by atoms with Gasteiger partial charge in [0, 0.05) is 42.7 Å². The number of amides is 1. The number of nitrogens with zero attached hydrogens (tertiary/aromatic N) is 4. The van der Waals surface area contributed by atoms with E-state index in [9.17, 15) is 8.42 Å². The van der Waals surface area contributed by atoms with Crippen LogP contribution in [0, 0.1) is 0 Å². The van der Waals surface area contributed by atoms with E-state index in [1.54, 1.807) is 90.9 Å². The van der Waals surface area contributed by atoms with Crippen LogP contribution in [0.4, 0.5) is 0 Å². The molecule has 0 aliphatic carbocycles. The first-order valence-corrected chi connectivity index (χ1v) is 18.2. The number of aliphatic imine (C=N–C) groups is 1. The minimum atomic E-state index is -3.80. The van der Waals surface area contributed by atoms with Crippen LogP contribution >= 0.6 is 0 Å². The Bertz CT molecular complexity index is 2140. The Morgan fingerprint density at radius 3 is 2.37 bits per heavy atom. The number of hydrogen-bond acceptors (Lipinski definition) is 11. The van der Waals surface area contributed by atoms with Crippen molar-refractivity contribution in [1.29, 1.82) is 0 Å². The number of benzene rings is 4. The van der Waals surface area contributed by atoms with Crippen molar-refractivity contribution >= 4 is 21.6 Å². The number of ether oxygens (including phenoxy) is 3. The summed E-state index contributed by atoms with van der Waals surface area (Å²) in [6.45, 7) is 0.559. The Morgan fingerprint density at radius 1 is 0.922 bits per heavy atom. The molecule has 0 radical (unpaired) electrons. The molecule has 5 aromatic rings. The van der Waals surface area contributed by atoms with Gasteiger partial charge in [-0.25, -0.2) is 13.4 Å². The van der Waals surface area contributed by atoms with Gasteiger partial charge < -0.3 is 28.7 Å². The van der Waals surface area contributed by atoms with E-state index in [2.05, 4.69) is 10.1 Å². The average Bonchev–Trinajstić information content (AvgIpc) is 3.78. The van der Waals surface area contributed by atoms with Crippen molar-refractivity contribution < 1.29 is 37.1 Å². The molecule has 0 saturated heterocycles. The van der Waals surface area contributed by atoms with Gasteiger partial charge in [0.05, 0.1) is 30.9 Å². The number of aromatic nitrogens is 2. The summed E-state index contributed by atoms with van der Waals surface area (Å²) in [4.78, 5) is 26.3. The molecule has 1 aromatic heterocycles. The fourth-order valence-electron chi connectivity index (χ4n) is 6.32. The highest BCUT2D eigenvalue weighted by Crippen LogP contribution is 2.47. The van der Waals surface area contributed by atoms with Crippen molar-refractivity contribution in [3.05, 3.63) is 126 Å². The van der Waals surface area contributed by atoms with Crippen LogP contribution in [0.2, 0.25) is 0 Å². The highest BCUT2D eigenvalue weighted by atomic mass is 32.2. The molecule has 0 fully saturated rings. The number of aliphatic hydroxyl groups is 1. The second kappa shape index (κ2) is 14.4. The molecule has 2 aliphatic heterocycles. The number of methoxy groups -OCH3 is 1. The van der Waals surface area contributed by atoms with E-state index in [1.165, 1.54) is 0 Å². The van der Waals surface area contributed by atoms with Crippen LogP contribution in [0.15, 0.2) is 118 Å². The van der Waals surface area contributed by atoms with Gasteiger partial charge in [-0.2, -0.15) is 4.98 Å². The molecule has 51 heavy (non-hydrogen) atoms. The van der Waals surface area contributed by atoms with E-state index < -0.39 is 27.4 Å². The molecule has 0 unspecified atom stereocenters. The van der Waals surface area contributed by atoms with E-state index in [0.29, 0.717) is 35.7 Å². The highest BCUT2D eigenvalue weighted by molar-refractivity contribution is 7.91. The van der Waals surface area contributed by atoms with Crippen LogP contribution in [0.5, 0.6) is 11.5 Å². The molecule has 2 atom stereocenters. The van der Waals surface area contributed by atoms with E-state index in [4.69, 9.17) is 28.8 Å². The normalized spacial score (nSPS) is 18.3. The zero-order chi connectivity index (χ0) is 35.4. The molecule has 12 nitrogen and oxygen atoms in total. The number of rotatable bonds is 13. The number of fused-ring (bicyclic) bond motifs is 3. The zero-order valence-corrected chi connectivity index (χ0v) is 28.7. The maximum absolute atomic E-state index is 15.0. The standard InChI is InChI=1S/C38H36N4O8S/c1-47-29-16-12-26(13-17-29)35-39-33(41-50-35)25-42-24-28-8-5-6-11-32(28)34-38(37(42)44,20-23-51(45,46)31-9-3-2-4-10-31)40-36(49-34)27-14-18-30(19-15-27)48-22-7-21-43/h2-6,8-19,34,43H,7,20-25H2,1H3/t34-,38-/m1/s1. The van der Waals surface area contributed by atoms with Crippen molar-refractivity contribution in [3.63, 3.8) is 0 Å². The van der Waals surface area contributed by atoms with Crippen LogP contribution in [0.1, 0.15) is 41.5 Å². The number of hydrogen-bond donors (Lipinski definition) is 1. The van der Waals surface area contributed by atoms with Crippen LogP contribution in [-0.4, -0.2) is 72.0 Å². The molecule has 4 aromatic carbocycles. The predicted molar refractivity (Wildman–Crippen MR) is 187 cm³/mol. The fraction of sp³-hybridized carbons (Fsp3) is 0.263. The third-order valence-electron chi connectivity index (χ3n) is 8.98. The van der Waals surface area contributed by atoms with Gasteiger partial charge in [0.2, 0.25) is 5.90 Å². The van der Waals surface area contributed by atoms with Crippen molar-refractivity contribution in [3.8, 4) is 23.0 Å². The Morgan fingerprint density at radius 2 is 1.63 bits per heavy atom. The predicted octanol–water partition coefficient (Wildman–Crippen LogP) is 5.17. The topological polar surface area (TPSA) is 154 Å². The lowest BCUT2D eigenvalue weighted by Crippen LogP contribution is -2.49. The molecule has 0 bridgehead atoms. The second-order valence-corrected chi connectivity index (χ2v) is 14.4.